The molecule has 0 bridgehead atoms. The minimum Gasteiger partial charge on any atom is -0.370 e. The Morgan fingerprint density at radius 2 is 2.18 bits per heavy atom. The van der Waals surface area contributed by atoms with Gasteiger partial charge in [0.1, 0.15) is 18.0 Å². The summed E-state index contributed by atoms with van der Waals surface area (Å²) in [6, 6.07) is 2.06. The Morgan fingerprint density at radius 1 is 1.35 bits per heavy atom. The highest BCUT2D eigenvalue weighted by Gasteiger charge is 2.24. The first-order valence-corrected chi connectivity index (χ1v) is 6.64. The van der Waals surface area contributed by atoms with E-state index in [1.165, 1.54) is 12.8 Å². The van der Waals surface area contributed by atoms with Crippen LogP contribution in [0.3, 0.4) is 0 Å². The monoisotopic (exact) mass is 234 g/mol. The minimum atomic E-state index is 0.886. The van der Waals surface area contributed by atoms with Gasteiger partial charge < -0.3 is 10.2 Å². The van der Waals surface area contributed by atoms with Gasteiger partial charge in [-0.25, -0.2) is 9.97 Å². The first-order chi connectivity index (χ1) is 8.33. The Labute approximate surface area is 103 Å². The summed E-state index contributed by atoms with van der Waals surface area (Å²) in [5, 5.41) is 3.30. The lowest BCUT2D eigenvalue weighted by atomic mass is 10.3. The third-order valence-corrected chi connectivity index (χ3v) is 3.09. The van der Waals surface area contributed by atoms with Crippen molar-refractivity contribution in [1.82, 2.24) is 9.97 Å². The van der Waals surface area contributed by atoms with Crippen molar-refractivity contribution in [3.05, 3.63) is 12.4 Å². The molecule has 1 aliphatic rings. The summed E-state index contributed by atoms with van der Waals surface area (Å²) in [5.41, 5.74) is 0. The lowest BCUT2D eigenvalue weighted by Gasteiger charge is -2.22. The summed E-state index contributed by atoms with van der Waals surface area (Å²) < 4.78 is 0. The summed E-state index contributed by atoms with van der Waals surface area (Å²) >= 11 is 0. The third-order valence-electron chi connectivity index (χ3n) is 3.09. The Morgan fingerprint density at radius 3 is 2.82 bits per heavy atom. The minimum absolute atomic E-state index is 0.886. The van der Waals surface area contributed by atoms with E-state index in [9.17, 15) is 0 Å². The Bertz CT molecular complexity index is 349. The molecule has 1 N–H and O–H groups in total. The van der Waals surface area contributed by atoms with Gasteiger partial charge in [-0.05, 0) is 32.1 Å². The summed E-state index contributed by atoms with van der Waals surface area (Å²) in [7, 11) is 0. The van der Waals surface area contributed by atoms with Crippen LogP contribution < -0.4 is 10.2 Å². The lowest BCUT2D eigenvalue weighted by Crippen LogP contribution is -2.26. The number of nitrogens with one attached hydrogen (secondary N) is 1. The van der Waals surface area contributed by atoms with Gasteiger partial charge in [-0.3, -0.25) is 0 Å². The van der Waals surface area contributed by atoms with Gasteiger partial charge in [0.15, 0.2) is 0 Å². The van der Waals surface area contributed by atoms with Crippen LogP contribution in [-0.2, 0) is 0 Å². The van der Waals surface area contributed by atoms with Gasteiger partial charge in [0.05, 0.1) is 0 Å². The molecule has 4 heteroatoms. The number of hydrogen-bond donors (Lipinski definition) is 1. The standard InChI is InChI=1S/C13H22N4/c1-3-7-14-12-8-13(16-10-15-12)17(4-2)9-11-5-6-11/h8,10-11H,3-7,9H2,1-2H3,(H,14,15,16). The molecule has 1 aromatic heterocycles. The Kier molecular flexibility index (Phi) is 4.18. The van der Waals surface area contributed by atoms with E-state index in [0.29, 0.717) is 0 Å². The molecule has 1 heterocycles. The molecule has 0 radical (unpaired) electrons. The van der Waals surface area contributed by atoms with Crippen LogP contribution in [0.5, 0.6) is 0 Å². The van der Waals surface area contributed by atoms with Crippen LogP contribution >= 0.6 is 0 Å². The van der Waals surface area contributed by atoms with E-state index in [0.717, 1.165) is 43.6 Å². The van der Waals surface area contributed by atoms with Crippen molar-refractivity contribution in [1.29, 1.82) is 0 Å². The Hall–Kier alpha value is -1.32. The summed E-state index contributed by atoms with van der Waals surface area (Å²) in [4.78, 5) is 11.0. The Balaban J connectivity index is 2.01. The van der Waals surface area contributed by atoms with E-state index < -0.39 is 0 Å². The number of anilines is 2. The number of nitrogens with zero attached hydrogens (tertiary/aromatic N) is 3. The molecule has 17 heavy (non-hydrogen) atoms. The maximum Gasteiger partial charge on any atom is 0.134 e. The molecule has 1 aromatic rings. The molecule has 0 amide bonds. The second kappa shape index (κ2) is 5.84. The molecule has 4 nitrogen and oxygen atoms in total. The molecule has 0 saturated heterocycles. The zero-order chi connectivity index (χ0) is 12.1. The average Bonchev–Trinajstić information content (AvgIpc) is 3.18. The molecular weight excluding hydrogens is 212 g/mol. The van der Waals surface area contributed by atoms with E-state index in [2.05, 4.69) is 40.1 Å². The predicted molar refractivity (Wildman–Crippen MR) is 71.4 cm³/mol. The predicted octanol–water partition coefficient (Wildman–Crippen LogP) is 2.53. The highest BCUT2D eigenvalue weighted by molar-refractivity contribution is 5.48. The fourth-order valence-corrected chi connectivity index (χ4v) is 1.87. The van der Waals surface area contributed by atoms with Crippen molar-refractivity contribution in [2.75, 3.05) is 29.9 Å². The van der Waals surface area contributed by atoms with Crippen LogP contribution in [0.15, 0.2) is 12.4 Å². The molecule has 0 aromatic carbocycles. The number of rotatable bonds is 7. The van der Waals surface area contributed by atoms with Crippen molar-refractivity contribution >= 4 is 11.6 Å². The fourth-order valence-electron chi connectivity index (χ4n) is 1.87. The summed E-state index contributed by atoms with van der Waals surface area (Å²) in [5.74, 6) is 2.87. The van der Waals surface area contributed by atoms with E-state index >= 15 is 0 Å². The second-order valence-electron chi connectivity index (χ2n) is 4.67. The molecule has 0 atom stereocenters. The first-order valence-electron chi connectivity index (χ1n) is 6.64. The lowest BCUT2D eigenvalue weighted by molar-refractivity contribution is 0.730. The normalized spacial score (nSPS) is 14.7. The van der Waals surface area contributed by atoms with Crippen LogP contribution in [0, 0.1) is 5.92 Å². The fraction of sp³-hybridized carbons (Fsp3) is 0.692. The van der Waals surface area contributed by atoms with Gasteiger partial charge in [-0.15, -0.1) is 0 Å². The highest BCUT2D eigenvalue weighted by atomic mass is 15.2. The van der Waals surface area contributed by atoms with E-state index in [4.69, 9.17) is 0 Å². The zero-order valence-electron chi connectivity index (χ0n) is 10.8. The van der Waals surface area contributed by atoms with E-state index in [-0.39, 0.29) is 0 Å². The smallest absolute Gasteiger partial charge is 0.134 e. The van der Waals surface area contributed by atoms with Crippen LogP contribution in [0.1, 0.15) is 33.1 Å². The topological polar surface area (TPSA) is 41.0 Å². The van der Waals surface area contributed by atoms with Gasteiger partial charge in [0.2, 0.25) is 0 Å². The van der Waals surface area contributed by atoms with E-state index in [1.807, 2.05) is 0 Å². The molecule has 1 saturated carbocycles. The highest BCUT2D eigenvalue weighted by Crippen LogP contribution is 2.31. The molecule has 2 rings (SSSR count). The first kappa shape index (κ1) is 12.1. The van der Waals surface area contributed by atoms with Gasteiger partial charge >= 0.3 is 0 Å². The number of hydrogen-bond acceptors (Lipinski definition) is 4. The van der Waals surface area contributed by atoms with Crippen molar-refractivity contribution in [3.63, 3.8) is 0 Å². The van der Waals surface area contributed by atoms with Crippen molar-refractivity contribution in [3.8, 4) is 0 Å². The van der Waals surface area contributed by atoms with E-state index in [1.54, 1.807) is 6.33 Å². The number of aromatic nitrogens is 2. The summed E-state index contributed by atoms with van der Waals surface area (Å²) in [6.07, 6.45) is 5.52. The van der Waals surface area contributed by atoms with Crippen LogP contribution in [-0.4, -0.2) is 29.6 Å². The maximum absolute atomic E-state index is 4.37. The molecule has 1 aliphatic carbocycles. The van der Waals surface area contributed by atoms with Crippen LogP contribution in [0.25, 0.3) is 0 Å². The van der Waals surface area contributed by atoms with Crippen LogP contribution in [0.4, 0.5) is 11.6 Å². The third kappa shape index (κ3) is 3.58. The second-order valence-corrected chi connectivity index (χ2v) is 4.67. The van der Waals surface area contributed by atoms with Gasteiger partial charge in [-0.2, -0.15) is 0 Å². The molecule has 0 unspecified atom stereocenters. The SMILES string of the molecule is CCCNc1cc(N(CC)CC2CC2)ncn1. The largest absolute Gasteiger partial charge is 0.370 e. The molecule has 0 aliphatic heterocycles. The van der Waals surface area contributed by atoms with Gasteiger partial charge in [-0.1, -0.05) is 6.92 Å². The average molecular weight is 234 g/mol. The van der Waals surface area contributed by atoms with Crippen molar-refractivity contribution < 1.29 is 0 Å². The molecular formula is C13H22N4. The van der Waals surface area contributed by atoms with Crippen LogP contribution in [0.2, 0.25) is 0 Å². The van der Waals surface area contributed by atoms with Gasteiger partial charge in [0, 0.05) is 25.7 Å². The van der Waals surface area contributed by atoms with Gasteiger partial charge in [0.25, 0.3) is 0 Å². The summed E-state index contributed by atoms with van der Waals surface area (Å²) in [6.45, 7) is 7.46. The molecule has 1 fully saturated rings. The molecule has 94 valence electrons. The van der Waals surface area contributed by atoms with Crippen molar-refractivity contribution in [2.24, 2.45) is 5.92 Å². The quantitative estimate of drug-likeness (QED) is 0.787. The zero-order valence-corrected chi connectivity index (χ0v) is 10.8. The molecule has 0 spiro atoms. The van der Waals surface area contributed by atoms with Crippen molar-refractivity contribution in [2.45, 2.75) is 33.1 Å². The maximum atomic E-state index is 4.37.